The first kappa shape index (κ1) is 23.8. The van der Waals surface area contributed by atoms with E-state index in [0.717, 1.165) is 0 Å². The fraction of sp³-hybridized carbons (Fsp3) is 0.350. The molecule has 0 aliphatic carbocycles. The second kappa shape index (κ2) is 10.7. The first-order valence-corrected chi connectivity index (χ1v) is 10.5. The van der Waals surface area contributed by atoms with E-state index in [0.29, 0.717) is 49.9 Å². The summed E-state index contributed by atoms with van der Waals surface area (Å²) < 4.78 is 21.8. The summed E-state index contributed by atoms with van der Waals surface area (Å²) in [5.74, 6) is -0.523. The molecule has 1 aliphatic rings. The zero-order chi connectivity index (χ0) is 24.8. The van der Waals surface area contributed by atoms with Crippen LogP contribution in [0.5, 0.6) is 11.5 Å². The normalized spacial score (nSPS) is 14.2. The predicted molar refractivity (Wildman–Crippen MR) is 119 cm³/mol. The van der Waals surface area contributed by atoms with E-state index in [1.807, 2.05) is 0 Å². The van der Waals surface area contributed by atoms with Gasteiger partial charge in [0, 0.05) is 32.1 Å². The highest BCUT2D eigenvalue weighted by atomic mass is 16.6. The maximum Gasteiger partial charge on any atom is 0.308 e. The van der Waals surface area contributed by atoms with Crippen LogP contribution < -0.4 is 20.6 Å². The van der Waals surface area contributed by atoms with Gasteiger partial charge in [-0.25, -0.2) is 10.1 Å². The zero-order valence-electron chi connectivity index (χ0n) is 19.0. The highest BCUT2D eigenvalue weighted by Gasteiger charge is 2.26. The number of morpholine rings is 1. The Kier molecular flexibility index (Phi) is 7.27. The highest BCUT2D eigenvalue weighted by molar-refractivity contribution is 5.94. The second-order valence-corrected chi connectivity index (χ2v) is 7.33. The number of hydrazone groups is 1. The fourth-order valence-electron chi connectivity index (χ4n) is 3.36. The minimum atomic E-state index is -0.622. The van der Waals surface area contributed by atoms with Gasteiger partial charge in [0.25, 0.3) is 5.91 Å². The molecule has 0 bridgehead atoms. The molecule has 35 heavy (non-hydrogen) atoms. The van der Waals surface area contributed by atoms with Gasteiger partial charge in [-0.1, -0.05) is 11.3 Å². The van der Waals surface area contributed by atoms with Crippen LogP contribution in [0.4, 0.5) is 5.82 Å². The molecule has 184 valence electrons. The minimum Gasteiger partial charge on any atom is -0.493 e. The van der Waals surface area contributed by atoms with Crippen LogP contribution in [-0.4, -0.2) is 81.7 Å². The number of carbonyl (C=O) groups is 2. The molecule has 15 nitrogen and oxygen atoms in total. The number of hydrogen-bond donors (Lipinski definition) is 2. The predicted octanol–water partition coefficient (Wildman–Crippen LogP) is -0.238. The number of ether oxygens (including phenoxy) is 3. The van der Waals surface area contributed by atoms with Crippen molar-refractivity contribution >= 4 is 23.9 Å². The Morgan fingerprint density at radius 2 is 2.09 bits per heavy atom. The molecule has 15 heteroatoms. The van der Waals surface area contributed by atoms with Crippen LogP contribution in [0, 0.1) is 0 Å². The van der Waals surface area contributed by atoms with Crippen molar-refractivity contribution in [3.05, 3.63) is 35.2 Å². The van der Waals surface area contributed by atoms with Gasteiger partial charge in [0.2, 0.25) is 11.6 Å². The topological polar surface area (TPSA) is 185 Å². The van der Waals surface area contributed by atoms with Gasteiger partial charge in [0.1, 0.15) is 0 Å². The summed E-state index contributed by atoms with van der Waals surface area (Å²) in [5, 5.41) is 19.3. The van der Waals surface area contributed by atoms with Gasteiger partial charge in [-0.2, -0.15) is 9.78 Å². The zero-order valence-corrected chi connectivity index (χ0v) is 19.0. The molecule has 1 aromatic carbocycles. The van der Waals surface area contributed by atoms with Crippen molar-refractivity contribution in [3.63, 3.8) is 0 Å². The van der Waals surface area contributed by atoms with Crippen molar-refractivity contribution in [2.75, 3.05) is 39.1 Å². The lowest BCUT2D eigenvalue weighted by Crippen LogP contribution is -2.37. The van der Waals surface area contributed by atoms with E-state index in [2.05, 4.69) is 40.7 Å². The Morgan fingerprint density at radius 1 is 1.29 bits per heavy atom. The summed E-state index contributed by atoms with van der Waals surface area (Å²) in [6.45, 7) is 4.03. The molecular weight excluding hydrogens is 462 g/mol. The Balaban J connectivity index is 1.58. The maximum atomic E-state index is 13.0. The van der Waals surface area contributed by atoms with Gasteiger partial charge in [0.15, 0.2) is 17.2 Å². The number of nitrogens with two attached hydrogens (primary N) is 1. The number of amides is 1. The molecule has 1 fully saturated rings. The minimum absolute atomic E-state index is 0.000804. The summed E-state index contributed by atoms with van der Waals surface area (Å²) in [7, 11) is 1.45. The van der Waals surface area contributed by atoms with E-state index in [4.69, 9.17) is 19.9 Å². The number of para-hydroxylation sites is 1. The van der Waals surface area contributed by atoms with E-state index in [1.165, 1.54) is 24.9 Å². The van der Waals surface area contributed by atoms with Gasteiger partial charge in [-0.15, -0.1) is 5.10 Å². The molecule has 1 saturated heterocycles. The monoisotopic (exact) mass is 485 g/mol. The van der Waals surface area contributed by atoms with E-state index < -0.39 is 11.9 Å². The third-order valence-corrected chi connectivity index (χ3v) is 5.00. The molecule has 0 spiro atoms. The molecule has 0 unspecified atom stereocenters. The molecule has 0 saturated carbocycles. The standard InChI is InChI=1S/C20H23N9O6/c1-12(30)34-17-13(4-3-5-15(17)32-2)10-22-24-20(31)16-14(11-28-6-8-33-9-7-28)29(27-23-16)19-18(21)25-35-26-19/h3-5,10H,6-9,11H2,1-2H3,(H2,21,25)(H,24,31)/b22-10+. The van der Waals surface area contributed by atoms with Crippen LogP contribution in [-0.2, 0) is 16.1 Å². The third kappa shape index (κ3) is 5.42. The molecule has 3 heterocycles. The summed E-state index contributed by atoms with van der Waals surface area (Å²) in [6, 6.07) is 4.98. The number of esters is 1. The SMILES string of the molecule is COc1cccc(/C=N/NC(=O)c2nnn(-c3nonc3N)c2CN2CCOCC2)c1OC(C)=O. The van der Waals surface area contributed by atoms with Crippen molar-refractivity contribution in [3.8, 4) is 17.3 Å². The van der Waals surface area contributed by atoms with Crippen LogP contribution in [0.3, 0.4) is 0 Å². The van der Waals surface area contributed by atoms with Gasteiger partial charge in [-0.05, 0) is 22.4 Å². The maximum absolute atomic E-state index is 13.0. The van der Waals surface area contributed by atoms with E-state index in [1.54, 1.807) is 18.2 Å². The van der Waals surface area contributed by atoms with E-state index in [9.17, 15) is 9.59 Å². The number of benzene rings is 1. The van der Waals surface area contributed by atoms with Crippen LogP contribution in [0.25, 0.3) is 5.82 Å². The molecule has 2 aromatic heterocycles. The lowest BCUT2D eigenvalue weighted by molar-refractivity contribution is -0.132. The number of hydrogen-bond acceptors (Lipinski definition) is 13. The average Bonchev–Trinajstić information content (AvgIpc) is 3.45. The van der Waals surface area contributed by atoms with Gasteiger partial charge >= 0.3 is 5.97 Å². The number of nitrogens with zero attached hydrogens (tertiary/aromatic N) is 7. The third-order valence-electron chi connectivity index (χ3n) is 5.00. The Bertz CT molecular complexity index is 1230. The van der Waals surface area contributed by atoms with Crippen LogP contribution in [0.15, 0.2) is 27.9 Å². The molecule has 3 N–H and O–H groups in total. The number of rotatable bonds is 8. The van der Waals surface area contributed by atoms with Gasteiger partial charge in [0.05, 0.1) is 32.2 Å². The number of nitrogens with one attached hydrogen (secondary N) is 1. The van der Waals surface area contributed by atoms with Crippen molar-refractivity contribution < 1.29 is 28.4 Å². The first-order chi connectivity index (χ1) is 17.0. The van der Waals surface area contributed by atoms with E-state index >= 15 is 0 Å². The van der Waals surface area contributed by atoms with Crippen molar-refractivity contribution in [1.29, 1.82) is 0 Å². The largest absolute Gasteiger partial charge is 0.493 e. The molecule has 1 aliphatic heterocycles. The number of nitrogen functional groups attached to an aromatic ring is 1. The van der Waals surface area contributed by atoms with Gasteiger partial charge < -0.3 is 19.9 Å². The number of anilines is 1. The summed E-state index contributed by atoms with van der Waals surface area (Å²) in [4.78, 5) is 26.5. The van der Waals surface area contributed by atoms with Crippen LogP contribution >= 0.6 is 0 Å². The average molecular weight is 485 g/mol. The number of methoxy groups -OCH3 is 1. The van der Waals surface area contributed by atoms with Crippen LogP contribution in [0.1, 0.15) is 28.7 Å². The highest BCUT2D eigenvalue weighted by Crippen LogP contribution is 2.30. The Morgan fingerprint density at radius 3 is 2.77 bits per heavy atom. The lowest BCUT2D eigenvalue weighted by Gasteiger charge is -2.26. The van der Waals surface area contributed by atoms with Gasteiger partial charge in [-0.3, -0.25) is 14.5 Å². The van der Waals surface area contributed by atoms with E-state index in [-0.39, 0.29) is 23.1 Å². The lowest BCUT2D eigenvalue weighted by atomic mass is 10.2. The van der Waals surface area contributed by atoms with Crippen molar-refractivity contribution in [1.82, 2.24) is 35.6 Å². The summed E-state index contributed by atoms with van der Waals surface area (Å²) in [5.41, 5.74) is 9.08. The van der Waals surface area contributed by atoms with Crippen LogP contribution in [0.2, 0.25) is 0 Å². The second-order valence-electron chi connectivity index (χ2n) is 7.33. The Labute approximate surface area is 198 Å². The fourth-order valence-corrected chi connectivity index (χ4v) is 3.36. The Hall–Kier alpha value is -4.37. The first-order valence-electron chi connectivity index (χ1n) is 10.5. The van der Waals surface area contributed by atoms with Crippen molar-refractivity contribution in [2.24, 2.45) is 5.10 Å². The smallest absolute Gasteiger partial charge is 0.308 e. The number of carbonyl (C=O) groups excluding carboxylic acids is 2. The summed E-state index contributed by atoms with van der Waals surface area (Å²) >= 11 is 0. The molecule has 4 rings (SSSR count). The van der Waals surface area contributed by atoms with Crippen molar-refractivity contribution in [2.45, 2.75) is 13.5 Å². The molecule has 0 atom stereocenters. The molecule has 0 radical (unpaired) electrons. The molecule has 3 aromatic rings. The summed E-state index contributed by atoms with van der Waals surface area (Å²) in [6.07, 6.45) is 1.32. The quantitative estimate of drug-likeness (QED) is 0.185. The molecular formula is C20H23N9O6. The molecule has 1 amide bonds. The number of aromatic nitrogens is 5.